The summed E-state index contributed by atoms with van der Waals surface area (Å²) in [5, 5.41) is 0. The Balaban J connectivity index is 6.00. The van der Waals surface area contributed by atoms with Crippen LogP contribution in [0.2, 0.25) is 0 Å². The summed E-state index contributed by atoms with van der Waals surface area (Å²) in [7, 11) is 0. The Morgan fingerprint density at radius 1 is 0.556 bits per heavy atom. The van der Waals surface area contributed by atoms with Crippen molar-refractivity contribution in [2.45, 2.75) is 92.6 Å². The Labute approximate surface area is 160 Å². The lowest BCUT2D eigenvalue weighted by Crippen LogP contribution is -2.47. The van der Waals surface area contributed by atoms with Gasteiger partial charge in [0.15, 0.2) is 5.41 Å². The highest BCUT2D eigenvalue weighted by molar-refractivity contribution is 6.05. The molecule has 0 unspecified atom stereocenters. The maximum atomic E-state index is 12.8. The fourth-order valence-electron chi connectivity index (χ4n) is 2.19. The van der Waals surface area contributed by atoms with E-state index in [4.69, 9.17) is 18.9 Å². The minimum atomic E-state index is -2.17. The number of hydrogen-bond acceptors (Lipinski definition) is 8. The molecular formula is C19H32O8. The van der Waals surface area contributed by atoms with E-state index in [9.17, 15) is 19.2 Å². The number of ether oxygens (including phenoxy) is 4. The zero-order valence-corrected chi connectivity index (χ0v) is 17.5. The van der Waals surface area contributed by atoms with Crippen molar-refractivity contribution in [2.24, 2.45) is 5.41 Å². The Kier molecular flexibility index (Phi) is 10.0. The first-order valence-electron chi connectivity index (χ1n) is 9.11. The molecule has 0 saturated heterocycles. The van der Waals surface area contributed by atoms with E-state index in [2.05, 4.69) is 0 Å². The summed E-state index contributed by atoms with van der Waals surface area (Å²) in [6, 6.07) is 0. The van der Waals surface area contributed by atoms with Crippen LogP contribution in [0.3, 0.4) is 0 Å². The SMILES string of the molecule is CC(C)OC(=O)CC(CC(=O)OC(C)C)(C(=O)OC(C)C)C(=O)OC(C)C. The fraction of sp³-hybridized carbons (Fsp3) is 0.789. The standard InChI is InChI=1S/C19H32O8/c1-11(2)24-15(20)9-19(17(22)26-13(5)6,18(23)27-14(7)8)10-16(21)25-12(3)4/h11-14H,9-10H2,1-8H3. The summed E-state index contributed by atoms with van der Waals surface area (Å²) >= 11 is 0. The van der Waals surface area contributed by atoms with Crippen LogP contribution in [-0.4, -0.2) is 48.3 Å². The largest absolute Gasteiger partial charge is 0.463 e. The number of carbonyl (C=O) groups excluding carboxylic acids is 4. The van der Waals surface area contributed by atoms with Gasteiger partial charge < -0.3 is 18.9 Å². The average molecular weight is 388 g/mol. The molecule has 0 aromatic rings. The third-order valence-electron chi connectivity index (χ3n) is 3.09. The van der Waals surface area contributed by atoms with E-state index >= 15 is 0 Å². The molecule has 8 heteroatoms. The molecule has 0 aromatic carbocycles. The summed E-state index contributed by atoms with van der Waals surface area (Å²) in [5.41, 5.74) is -2.17. The fourth-order valence-corrected chi connectivity index (χ4v) is 2.19. The molecule has 0 aliphatic heterocycles. The zero-order chi connectivity index (χ0) is 21.4. The lowest BCUT2D eigenvalue weighted by Gasteiger charge is -2.30. The van der Waals surface area contributed by atoms with Gasteiger partial charge >= 0.3 is 23.9 Å². The topological polar surface area (TPSA) is 105 Å². The second-order valence-electron chi connectivity index (χ2n) is 7.42. The van der Waals surface area contributed by atoms with E-state index in [1.54, 1.807) is 55.4 Å². The quantitative estimate of drug-likeness (QED) is 0.319. The van der Waals surface area contributed by atoms with Crippen LogP contribution in [0.25, 0.3) is 0 Å². The molecule has 0 radical (unpaired) electrons. The van der Waals surface area contributed by atoms with Gasteiger partial charge in [0.25, 0.3) is 0 Å². The van der Waals surface area contributed by atoms with Crippen molar-refractivity contribution in [1.82, 2.24) is 0 Å². The summed E-state index contributed by atoms with van der Waals surface area (Å²) < 4.78 is 20.5. The Hall–Kier alpha value is -2.12. The van der Waals surface area contributed by atoms with Gasteiger partial charge in [-0.15, -0.1) is 0 Å². The van der Waals surface area contributed by atoms with Gasteiger partial charge in [0.05, 0.1) is 37.3 Å². The van der Waals surface area contributed by atoms with Crippen LogP contribution in [0.1, 0.15) is 68.2 Å². The molecule has 0 atom stereocenters. The monoisotopic (exact) mass is 388 g/mol. The summed E-state index contributed by atoms with van der Waals surface area (Å²) in [6.07, 6.45) is -3.41. The van der Waals surface area contributed by atoms with Crippen LogP contribution >= 0.6 is 0 Å². The predicted molar refractivity (Wildman–Crippen MR) is 96.6 cm³/mol. The maximum Gasteiger partial charge on any atom is 0.324 e. The first-order chi connectivity index (χ1) is 12.3. The highest BCUT2D eigenvalue weighted by atomic mass is 16.6. The molecule has 0 aromatic heterocycles. The van der Waals surface area contributed by atoms with Gasteiger partial charge in [-0.2, -0.15) is 0 Å². The molecule has 0 fully saturated rings. The van der Waals surface area contributed by atoms with E-state index in [0.29, 0.717) is 0 Å². The normalized spacial score (nSPS) is 11.7. The minimum absolute atomic E-state index is 0.458. The summed E-state index contributed by atoms with van der Waals surface area (Å²) in [5.74, 6) is -3.68. The molecule has 27 heavy (non-hydrogen) atoms. The van der Waals surface area contributed by atoms with Gasteiger partial charge in [0.2, 0.25) is 0 Å². The molecule has 0 rings (SSSR count). The smallest absolute Gasteiger partial charge is 0.324 e. The molecule has 156 valence electrons. The number of rotatable bonds is 10. The molecule has 0 aliphatic rings. The molecule has 0 amide bonds. The molecule has 8 nitrogen and oxygen atoms in total. The van der Waals surface area contributed by atoms with E-state index in [1.807, 2.05) is 0 Å². The molecule has 0 N–H and O–H groups in total. The van der Waals surface area contributed by atoms with Crippen molar-refractivity contribution in [3.63, 3.8) is 0 Å². The molecule has 0 aliphatic carbocycles. The Bertz CT molecular complexity index is 486. The lowest BCUT2D eigenvalue weighted by atomic mass is 9.80. The van der Waals surface area contributed by atoms with E-state index in [-0.39, 0.29) is 0 Å². The van der Waals surface area contributed by atoms with E-state index < -0.39 is 66.5 Å². The van der Waals surface area contributed by atoms with Crippen LogP contribution in [0.4, 0.5) is 0 Å². The molecule has 0 heterocycles. The van der Waals surface area contributed by atoms with Crippen LogP contribution in [-0.2, 0) is 38.1 Å². The summed E-state index contributed by atoms with van der Waals surface area (Å²) in [6.45, 7) is 12.9. The van der Waals surface area contributed by atoms with Gasteiger partial charge in [-0.3, -0.25) is 19.2 Å². The maximum absolute atomic E-state index is 12.8. The van der Waals surface area contributed by atoms with Gasteiger partial charge in [-0.25, -0.2) is 0 Å². The van der Waals surface area contributed by atoms with Crippen LogP contribution < -0.4 is 0 Å². The third kappa shape index (κ3) is 8.88. The number of esters is 4. The molecular weight excluding hydrogens is 356 g/mol. The molecule has 0 spiro atoms. The van der Waals surface area contributed by atoms with Crippen molar-refractivity contribution < 1.29 is 38.1 Å². The second-order valence-corrected chi connectivity index (χ2v) is 7.42. The molecule has 0 bridgehead atoms. The van der Waals surface area contributed by atoms with Crippen LogP contribution in [0.15, 0.2) is 0 Å². The first-order valence-corrected chi connectivity index (χ1v) is 9.11. The van der Waals surface area contributed by atoms with Crippen LogP contribution in [0, 0.1) is 5.41 Å². The van der Waals surface area contributed by atoms with E-state index in [0.717, 1.165) is 0 Å². The van der Waals surface area contributed by atoms with E-state index in [1.165, 1.54) is 0 Å². The minimum Gasteiger partial charge on any atom is -0.463 e. The third-order valence-corrected chi connectivity index (χ3v) is 3.09. The van der Waals surface area contributed by atoms with Crippen LogP contribution in [0.5, 0.6) is 0 Å². The second kappa shape index (κ2) is 10.9. The van der Waals surface area contributed by atoms with Crippen molar-refractivity contribution in [1.29, 1.82) is 0 Å². The lowest BCUT2D eigenvalue weighted by molar-refractivity contribution is -0.186. The number of hydrogen-bond donors (Lipinski definition) is 0. The average Bonchev–Trinajstić information content (AvgIpc) is 2.42. The van der Waals surface area contributed by atoms with Crippen molar-refractivity contribution in [3.8, 4) is 0 Å². The van der Waals surface area contributed by atoms with Gasteiger partial charge in [0.1, 0.15) is 0 Å². The summed E-state index contributed by atoms with van der Waals surface area (Å²) in [4.78, 5) is 50.1. The first kappa shape index (κ1) is 24.9. The van der Waals surface area contributed by atoms with Gasteiger partial charge in [-0.1, -0.05) is 0 Å². The van der Waals surface area contributed by atoms with Gasteiger partial charge in [0, 0.05) is 0 Å². The number of carbonyl (C=O) groups is 4. The van der Waals surface area contributed by atoms with Crippen molar-refractivity contribution in [3.05, 3.63) is 0 Å². The molecule has 0 saturated carbocycles. The predicted octanol–water partition coefficient (Wildman–Crippen LogP) is 2.56. The Morgan fingerprint density at radius 2 is 0.815 bits per heavy atom. The highest BCUT2D eigenvalue weighted by Crippen LogP contribution is 2.33. The van der Waals surface area contributed by atoms with Gasteiger partial charge in [-0.05, 0) is 55.4 Å². The zero-order valence-electron chi connectivity index (χ0n) is 17.5. The Morgan fingerprint density at radius 3 is 1.04 bits per heavy atom. The van der Waals surface area contributed by atoms with Crippen molar-refractivity contribution in [2.75, 3.05) is 0 Å². The highest BCUT2D eigenvalue weighted by Gasteiger charge is 2.54. The van der Waals surface area contributed by atoms with Crippen molar-refractivity contribution >= 4 is 23.9 Å².